The topological polar surface area (TPSA) is 70.7 Å². The molecule has 3 aliphatic heterocycles. The van der Waals surface area contributed by atoms with E-state index < -0.39 is 5.54 Å². The summed E-state index contributed by atoms with van der Waals surface area (Å²) in [6.45, 7) is 2.16. The summed E-state index contributed by atoms with van der Waals surface area (Å²) in [5.74, 6) is 0.304. The molecule has 2 unspecified atom stereocenters. The third-order valence-corrected chi connectivity index (χ3v) is 3.88. The summed E-state index contributed by atoms with van der Waals surface area (Å²) in [6.07, 6.45) is 4.11. The molecule has 0 aliphatic carbocycles. The van der Waals surface area contributed by atoms with Gasteiger partial charge in [0.1, 0.15) is 5.54 Å². The second-order valence-corrected chi connectivity index (χ2v) is 4.77. The Morgan fingerprint density at radius 2 is 2.40 bits per heavy atom. The van der Waals surface area contributed by atoms with Gasteiger partial charge in [0.25, 0.3) is 5.91 Å². The Labute approximate surface area is 88.7 Å². The van der Waals surface area contributed by atoms with Crippen molar-refractivity contribution in [3.8, 4) is 0 Å². The van der Waals surface area contributed by atoms with Crippen molar-refractivity contribution in [3.63, 3.8) is 0 Å². The normalized spacial score (nSPS) is 40.4. The molecule has 0 aromatic heterocycles. The van der Waals surface area contributed by atoms with Crippen LogP contribution in [0.2, 0.25) is 0 Å². The van der Waals surface area contributed by atoms with Crippen molar-refractivity contribution in [1.82, 2.24) is 10.2 Å². The van der Waals surface area contributed by atoms with Crippen LogP contribution in [-0.4, -0.2) is 41.4 Å². The molecule has 0 radical (unpaired) electrons. The van der Waals surface area contributed by atoms with Gasteiger partial charge in [-0.05, 0) is 32.2 Å². The van der Waals surface area contributed by atoms with Crippen LogP contribution in [-0.2, 0) is 4.79 Å². The summed E-state index contributed by atoms with van der Waals surface area (Å²) in [5.41, 5.74) is 5.04. The van der Waals surface area contributed by atoms with Gasteiger partial charge < -0.3 is 10.6 Å². The van der Waals surface area contributed by atoms with Gasteiger partial charge in [0.2, 0.25) is 0 Å². The van der Waals surface area contributed by atoms with Crippen molar-refractivity contribution in [2.24, 2.45) is 10.7 Å². The number of amides is 1. The van der Waals surface area contributed by atoms with Crippen LogP contribution in [0.4, 0.5) is 0 Å². The van der Waals surface area contributed by atoms with Gasteiger partial charge in [0.15, 0.2) is 5.96 Å². The van der Waals surface area contributed by atoms with Gasteiger partial charge in [-0.1, -0.05) is 0 Å². The number of hydrogen-bond acceptors (Lipinski definition) is 4. The first-order valence-electron chi connectivity index (χ1n) is 5.60. The first-order chi connectivity index (χ1) is 7.20. The van der Waals surface area contributed by atoms with Crippen LogP contribution in [0.15, 0.2) is 4.99 Å². The van der Waals surface area contributed by atoms with Crippen molar-refractivity contribution in [2.45, 2.75) is 37.3 Å². The number of hydrogen-bond donors (Lipinski definition) is 2. The highest BCUT2D eigenvalue weighted by Crippen LogP contribution is 2.37. The number of nitrogens with one attached hydrogen (secondary N) is 1. The Morgan fingerprint density at radius 3 is 3.13 bits per heavy atom. The van der Waals surface area contributed by atoms with Crippen molar-refractivity contribution in [1.29, 1.82) is 0 Å². The highest BCUT2D eigenvalue weighted by molar-refractivity contribution is 6.06. The first-order valence-corrected chi connectivity index (χ1v) is 5.60. The monoisotopic (exact) mass is 208 g/mol. The van der Waals surface area contributed by atoms with Gasteiger partial charge in [0.05, 0.1) is 0 Å². The van der Waals surface area contributed by atoms with E-state index in [2.05, 4.69) is 15.2 Å². The summed E-state index contributed by atoms with van der Waals surface area (Å²) in [6, 6.07) is 0.541. The maximum atomic E-state index is 11.8. The van der Waals surface area contributed by atoms with Crippen LogP contribution in [0.25, 0.3) is 0 Å². The van der Waals surface area contributed by atoms with Crippen LogP contribution in [0.5, 0.6) is 0 Å². The van der Waals surface area contributed by atoms with Gasteiger partial charge in [-0.3, -0.25) is 10.1 Å². The highest BCUT2D eigenvalue weighted by atomic mass is 16.2. The van der Waals surface area contributed by atoms with E-state index in [9.17, 15) is 4.79 Å². The highest BCUT2D eigenvalue weighted by Gasteiger charge is 2.49. The quantitative estimate of drug-likeness (QED) is 0.560. The Hall–Kier alpha value is -1.10. The minimum absolute atomic E-state index is 0.00606. The fourth-order valence-corrected chi connectivity index (χ4v) is 3.09. The molecule has 3 heterocycles. The lowest BCUT2D eigenvalue weighted by Crippen LogP contribution is -2.51. The lowest BCUT2D eigenvalue weighted by molar-refractivity contribution is -0.125. The van der Waals surface area contributed by atoms with E-state index in [1.807, 2.05) is 0 Å². The average molecular weight is 208 g/mol. The predicted molar refractivity (Wildman–Crippen MR) is 56.3 cm³/mol. The van der Waals surface area contributed by atoms with Crippen molar-refractivity contribution >= 4 is 11.9 Å². The van der Waals surface area contributed by atoms with Crippen LogP contribution < -0.4 is 11.1 Å². The number of piperidine rings is 1. The van der Waals surface area contributed by atoms with Gasteiger partial charge in [0, 0.05) is 12.6 Å². The molecule has 1 amide bonds. The zero-order valence-electron chi connectivity index (χ0n) is 8.70. The van der Waals surface area contributed by atoms with Crippen LogP contribution in [0.3, 0.4) is 0 Å². The zero-order valence-corrected chi connectivity index (χ0v) is 8.70. The minimum atomic E-state index is -0.532. The molecule has 3 N–H and O–H groups in total. The van der Waals surface area contributed by atoms with Gasteiger partial charge in [-0.15, -0.1) is 0 Å². The van der Waals surface area contributed by atoms with Gasteiger partial charge in [-0.2, -0.15) is 0 Å². The molecule has 2 atom stereocenters. The molecule has 2 fully saturated rings. The molecule has 2 saturated heterocycles. The van der Waals surface area contributed by atoms with E-state index in [4.69, 9.17) is 5.73 Å². The van der Waals surface area contributed by atoms with E-state index in [0.717, 1.165) is 19.4 Å². The fraction of sp³-hybridized carbons (Fsp3) is 0.800. The van der Waals surface area contributed by atoms with Crippen LogP contribution in [0, 0.1) is 0 Å². The van der Waals surface area contributed by atoms with Gasteiger partial charge >= 0.3 is 0 Å². The molecule has 0 aromatic carbocycles. The second kappa shape index (κ2) is 2.95. The lowest BCUT2D eigenvalue weighted by atomic mass is 9.83. The Kier molecular flexibility index (Phi) is 1.80. The number of carbonyl (C=O) groups excluding carboxylic acids is 1. The number of fused-ring (bicyclic) bond motifs is 1. The Morgan fingerprint density at radius 1 is 1.53 bits per heavy atom. The second-order valence-electron chi connectivity index (χ2n) is 4.77. The molecule has 0 saturated carbocycles. The summed E-state index contributed by atoms with van der Waals surface area (Å²) in [4.78, 5) is 18.6. The Bertz CT molecular complexity index is 340. The van der Waals surface area contributed by atoms with Crippen LogP contribution >= 0.6 is 0 Å². The van der Waals surface area contributed by atoms with Crippen molar-refractivity contribution in [3.05, 3.63) is 0 Å². The summed E-state index contributed by atoms with van der Waals surface area (Å²) >= 11 is 0. The minimum Gasteiger partial charge on any atom is -0.370 e. The molecule has 1 spiro atoms. The van der Waals surface area contributed by atoms with E-state index in [1.165, 1.54) is 19.4 Å². The molecule has 3 rings (SSSR count). The maximum absolute atomic E-state index is 11.8. The predicted octanol–water partition coefficient (Wildman–Crippen LogP) is -0.572. The molecule has 5 heteroatoms. The summed E-state index contributed by atoms with van der Waals surface area (Å²) in [7, 11) is 0. The molecule has 0 bridgehead atoms. The molecule has 0 aromatic rings. The number of nitrogens with two attached hydrogens (primary N) is 1. The van der Waals surface area contributed by atoms with E-state index >= 15 is 0 Å². The SMILES string of the molecule is NC1=NC2(CCN3CCCC3C2)C(=O)N1. The lowest BCUT2D eigenvalue weighted by Gasteiger charge is -2.38. The standard InChI is InChI=1S/C10H16N4O/c11-9-12-8(15)10(13-9)3-5-14-4-1-2-7(14)6-10/h7H,1-6H2,(H3,11,12,13,15). The average Bonchev–Trinajstić information content (AvgIpc) is 2.72. The largest absolute Gasteiger partial charge is 0.370 e. The van der Waals surface area contributed by atoms with E-state index in [1.54, 1.807) is 0 Å². The third-order valence-electron chi connectivity index (χ3n) is 3.88. The third kappa shape index (κ3) is 1.26. The maximum Gasteiger partial charge on any atom is 0.254 e. The van der Waals surface area contributed by atoms with Gasteiger partial charge in [-0.25, -0.2) is 4.99 Å². The molecular formula is C10H16N4O. The summed E-state index contributed by atoms with van der Waals surface area (Å²) in [5, 5.41) is 2.63. The van der Waals surface area contributed by atoms with Crippen molar-refractivity contribution < 1.29 is 4.79 Å². The van der Waals surface area contributed by atoms with E-state index in [0.29, 0.717) is 12.0 Å². The Balaban J connectivity index is 1.86. The first kappa shape index (κ1) is 9.15. The smallest absolute Gasteiger partial charge is 0.254 e. The number of guanidine groups is 1. The number of carbonyl (C=O) groups is 1. The van der Waals surface area contributed by atoms with Crippen molar-refractivity contribution in [2.75, 3.05) is 13.1 Å². The number of aliphatic imine (C=N–C) groups is 1. The zero-order chi connectivity index (χ0) is 10.5. The molecule has 3 aliphatic rings. The molecule has 5 nitrogen and oxygen atoms in total. The van der Waals surface area contributed by atoms with Crippen LogP contribution in [0.1, 0.15) is 25.7 Å². The molecular weight excluding hydrogens is 192 g/mol. The number of rotatable bonds is 0. The summed E-state index contributed by atoms with van der Waals surface area (Å²) < 4.78 is 0. The fourth-order valence-electron chi connectivity index (χ4n) is 3.09. The van der Waals surface area contributed by atoms with E-state index in [-0.39, 0.29) is 5.91 Å². The number of nitrogens with zero attached hydrogens (tertiary/aromatic N) is 2. The molecule has 82 valence electrons. The molecule has 15 heavy (non-hydrogen) atoms.